The summed E-state index contributed by atoms with van der Waals surface area (Å²) in [5, 5.41) is 1.00. The van der Waals surface area contributed by atoms with Crippen LogP contribution in [-0.4, -0.2) is 22.5 Å². The molecule has 2 aromatic carbocycles. The number of benzene rings is 2. The Morgan fingerprint density at radius 3 is 2.10 bits per heavy atom. The van der Waals surface area contributed by atoms with Crippen molar-refractivity contribution in [2.24, 2.45) is 0 Å². The first-order valence-electron chi connectivity index (χ1n) is 10.5. The van der Waals surface area contributed by atoms with Gasteiger partial charge in [-0.3, -0.25) is 0 Å². The highest BCUT2D eigenvalue weighted by Gasteiger charge is 2.26. The highest BCUT2D eigenvalue weighted by atomic mass is 16.5. The van der Waals surface area contributed by atoms with Gasteiger partial charge in [0.2, 0.25) is 0 Å². The summed E-state index contributed by atoms with van der Waals surface area (Å²) in [7, 11) is 0. The number of pyridine rings is 1. The molecule has 0 saturated carbocycles. The number of fused-ring (bicyclic) bond motifs is 1. The zero-order valence-corrected chi connectivity index (χ0v) is 17.7. The molecule has 0 atom stereocenters. The van der Waals surface area contributed by atoms with Crippen molar-refractivity contribution in [3.8, 4) is 22.4 Å². The fourth-order valence-corrected chi connectivity index (χ4v) is 4.03. The monoisotopic (exact) mass is 398 g/mol. The van der Waals surface area contributed by atoms with E-state index in [-0.39, 0.29) is 5.97 Å². The largest absolute Gasteiger partial charge is 0.462 e. The van der Waals surface area contributed by atoms with Gasteiger partial charge in [-0.25, -0.2) is 9.78 Å². The van der Waals surface area contributed by atoms with Gasteiger partial charge < -0.3 is 9.72 Å². The van der Waals surface area contributed by atoms with Crippen molar-refractivity contribution in [2.45, 2.75) is 33.6 Å². The molecule has 1 N–H and O–H groups in total. The summed E-state index contributed by atoms with van der Waals surface area (Å²) in [6.07, 6.45) is 1.45. The third kappa shape index (κ3) is 3.39. The molecule has 0 saturated heterocycles. The Morgan fingerprint density at radius 2 is 1.53 bits per heavy atom. The van der Waals surface area contributed by atoms with Crippen LogP contribution in [-0.2, 0) is 17.6 Å². The molecule has 2 heterocycles. The van der Waals surface area contributed by atoms with Crippen LogP contribution in [0.2, 0.25) is 0 Å². The molecule has 4 rings (SSSR count). The van der Waals surface area contributed by atoms with Crippen molar-refractivity contribution >= 4 is 16.9 Å². The predicted molar refractivity (Wildman–Crippen MR) is 122 cm³/mol. The molecule has 0 aliphatic carbocycles. The topological polar surface area (TPSA) is 55.0 Å². The minimum absolute atomic E-state index is 0.313. The Labute approximate surface area is 176 Å². The van der Waals surface area contributed by atoms with Crippen LogP contribution in [0.5, 0.6) is 0 Å². The third-order valence-corrected chi connectivity index (χ3v) is 5.38. The maximum absolute atomic E-state index is 13.1. The van der Waals surface area contributed by atoms with Gasteiger partial charge in [-0.15, -0.1) is 0 Å². The van der Waals surface area contributed by atoms with E-state index in [0.29, 0.717) is 18.6 Å². The smallest absolute Gasteiger partial charge is 0.340 e. The number of carbonyl (C=O) groups is 1. The lowest BCUT2D eigenvalue weighted by atomic mass is 9.92. The molecule has 2 aromatic heterocycles. The molecule has 0 fully saturated rings. The second-order valence-electron chi connectivity index (χ2n) is 7.17. The SMILES string of the molecule is CCOC(=O)c1c(CC)nc2c(-c3ccccc3)[nH]c(CC)c2c1-c1ccccc1. The Kier molecular flexibility index (Phi) is 5.66. The van der Waals surface area contributed by atoms with Gasteiger partial charge in [-0.2, -0.15) is 0 Å². The first kappa shape index (κ1) is 19.9. The second-order valence-corrected chi connectivity index (χ2v) is 7.17. The Balaban J connectivity index is 2.16. The fraction of sp³-hybridized carbons (Fsp3) is 0.231. The first-order chi connectivity index (χ1) is 14.7. The molecule has 30 heavy (non-hydrogen) atoms. The summed E-state index contributed by atoms with van der Waals surface area (Å²) in [6, 6.07) is 20.3. The number of esters is 1. The summed E-state index contributed by atoms with van der Waals surface area (Å²) in [5.41, 5.74) is 7.29. The van der Waals surface area contributed by atoms with Gasteiger partial charge in [0.05, 0.1) is 29.1 Å². The number of aromatic amines is 1. The summed E-state index contributed by atoms with van der Waals surface area (Å²) in [6.45, 7) is 6.31. The van der Waals surface area contributed by atoms with Gasteiger partial charge >= 0.3 is 5.97 Å². The van der Waals surface area contributed by atoms with E-state index in [0.717, 1.165) is 51.1 Å². The van der Waals surface area contributed by atoms with Crippen LogP contribution in [0.25, 0.3) is 33.3 Å². The van der Waals surface area contributed by atoms with E-state index in [1.165, 1.54) is 0 Å². The lowest BCUT2D eigenvalue weighted by molar-refractivity contribution is 0.0525. The van der Waals surface area contributed by atoms with Gasteiger partial charge in [0, 0.05) is 22.2 Å². The van der Waals surface area contributed by atoms with E-state index in [1.807, 2.05) is 62.4 Å². The predicted octanol–water partition coefficient (Wildman–Crippen LogP) is 6.20. The van der Waals surface area contributed by atoms with Crippen molar-refractivity contribution in [1.29, 1.82) is 0 Å². The normalized spacial score (nSPS) is 11.0. The van der Waals surface area contributed by atoms with E-state index >= 15 is 0 Å². The van der Waals surface area contributed by atoms with Crippen molar-refractivity contribution in [2.75, 3.05) is 6.61 Å². The summed E-state index contributed by atoms with van der Waals surface area (Å²) in [5.74, 6) is -0.313. The zero-order valence-electron chi connectivity index (χ0n) is 17.7. The minimum atomic E-state index is -0.313. The van der Waals surface area contributed by atoms with Crippen LogP contribution in [0, 0.1) is 0 Å². The average Bonchev–Trinajstić information content (AvgIpc) is 3.17. The third-order valence-electron chi connectivity index (χ3n) is 5.38. The van der Waals surface area contributed by atoms with Gasteiger partial charge in [0.1, 0.15) is 0 Å². The maximum Gasteiger partial charge on any atom is 0.340 e. The number of aromatic nitrogens is 2. The number of rotatable bonds is 6. The van der Waals surface area contributed by atoms with Crippen molar-refractivity contribution < 1.29 is 9.53 Å². The van der Waals surface area contributed by atoms with Gasteiger partial charge in [-0.1, -0.05) is 74.5 Å². The van der Waals surface area contributed by atoms with Crippen molar-refractivity contribution in [3.63, 3.8) is 0 Å². The number of H-pyrrole nitrogens is 1. The first-order valence-corrected chi connectivity index (χ1v) is 10.5. The van der Waals surface area contributed by atoms with E-state index in [4.69, 9.17) is 9.72 Å². The number of carbonyl (C=O) groups excluding carboxylic acids is 1. The molecule has 0 aliphatic heterocycles. The number of nitrogens with one attached hydrogen (secondary N) is 1. The maximum atomic E-state index is 13.1. The van der Waals surface area contributed by atoms with Crippen LogP contribution in [0.1, 0.15) is 42.5 Å². The highest BCUT2D eigenvalue weighted by Crippen LogP contribution is 2.40. The molecule has 152 valence electrons. The molecule has 4 aromatic rings. The number of hydrogen-bond acceptors (Lipinski definition) is 3. The van der Waals surface area contributed by atoms with Gasteiger partial charge in [-0.05, 0) is 25.3 Å². The second kappa shape index (κ2) is 8.54. The van der Waals surface area contributed by atoms with Crippen molar-refractivity contribution in [3.05, 3.63) is 77.6 Å². The van der Waals surface area contributed by atoms with Crippen LogP contribution < -0.4 is 0 Å². The van der Waals surface area contributed by atoms with E-state index in [1.54, 1.807) is 0 Å². The van der Waals surface area contributed by atoms with E-state index < -0.39 is 0 Å². The molecule has 0 aliphatic rings. The Bertz CT molecular complexity index is 1180. The lowest BCUT2D eigenvalue weighted by Gasteiger charge is -2.15. The molecular formula is C26H26N2O2. The molecule has 4 nitrogen and oxygen atoms in total. The highest BCUT2D eigenvalue weighted by molar-refractivity contribution is 6.11. The Morgan fingerprint density at radius 1 is 0.900 bits per heavy atom. The van der Waals surface area contributed by atoms with Gasteiger partial charge in [0.25, 0.3) is 0 Å². The fourth-order valence-electron chi connectivity index (χ4n) is 4.03. The summed E-state index contributed by atoms with van der Waals surface area (Å²) in [4.78, 5) is 21.7. The molecular weight excluding hydrogens is 372 g/mol. The Hall–Kier alpha value is -3.40. The molecule has 0 unspecified atom stereocenters. The quantitative estimate of drug-likeness (QED) is 0.394. The molecule has 0 amide bonds. The zero-order chi connectivity index (χ0) is 21.1. The van der Waals surface area contributed by atoms with Crippen molar-refractivity contribution in [1.82, 2.24) is 9.97 Å². The van der Waals surface area contributed by atoms with E-state index in [2.05, 4.69) is 24.0 Å². The average molecular weight is 399 g/mol. The number of nitrogens with zero attached hydrogens (tertiary/aromatic N) is 1. The van der Waals surface area contributed by atoms with Crippen LogP contribution in [0.4, 0.5) is 0 Å². The lowest BCUT2D eigenvalue weighted by Crippen LogP contribution is -2.12. The number of aryl methyl sites for hydroxylation is 2. The molecule has 4 heteroatoms. The molecule has 0 bridgehead atoms. The van der Waals surface area contributed by atoms with Crippen LogP contribution in [0.3, 0.4) is 0 Å². The minimum Gasteiger partial charge on any atom is -0.462 e. The van der Waals surface area contributed by atoms with Crippen LogP contribution in [0.15, 0.2) is 60.7 Å². The number of hydrogen-bond donors (Lipinski definition) is 1. The summed E-state index contributed by atoms with van der Waals surface area (Å²) >= 11 is 0. The molecule has 0 radical (unpaired) electrons. The van der Waals surface area contributed by atoms with Crippen LogP contribution >= 0.6 is 0 Å². The number of ether oxygens (including phenoxy) is 1. The molecule has 0 spiro atoms. The van der Waals surface area contributed by atoms with Gasteiger partial charge in [0.15, 0.2) is 0 Å². The van der Waals surface area contributed by atoms with E-state index in [9.17, 15) is 4.79 Å². The summed E-state index contributed by atoms with van der Waals surface area (Å²) < 4.78 is 5.46. The standard InChI is InChI=1S/C26H26N2O2/c1-4-19-22-21(17-13-9-7-10-14-17)23(26(29)30-6-3)20(5-2)28-25(22)24(27-19)18-15-11-8-12-16-18/h7-16,27H,4-6H2,1-3H3.